The van der Waals surface area contributed by atoms with E-state index in [0.29, 0.717) is 17.3 Å². The van der Waals surface area contributed by atoms with E-state index in [1.807, 2.05) is 26.0 Å². The lowest BCUT2D eigenvalue weighted by atomic mass is 9.75. The van der Waals surface area contributed by atoms with Crippen LogP contribution in [0.25, 0.3) is 0 Å². The van der Waals surface area contributed by atoms with Gasteiger partial charge in [0.05, 0.1) is 12.5 Å². The monoisotopic (exact) mass is 309 g/mol. The Morgan fingerprint density at radius 1 is 1.38 bits per heavy atom. The van der Waals surface area contributed by atoms with Gasteiger partial charge in [0.1, 0.15) is 0 Å². The van der Waals surface area contributed by atoms with E-state index < -0.39 is 11.5 Å². The molecule has 1 aromatic carbocycles. The molecule has 1 aromatic rings. The number of benzene rings is 1. The Kier molecular flexibility index (Phi) is 4.28. The number of rotatable bonds is 3. The predicted molar refractivity (Wildman–Crippen MR) is 82.7 cm³/mol. The van der Waals surface area contributed by atoms with E-state index in [1.54, 1.807) is 26.0 Å². The Labute approximate surface area is 130 Å². The van der Waals surface area contributed by atoms with E-state index in [0.717, 1.165) is 10.3 Å². The number of carbonyl (C=O) groups is 1. The van der Waals surface area contributed by atoms with Crippen molar-refractivity contribution in [1.82, 2.24) is 0 Å². The molecule has 0 saturated carbocycles. The number of hydrogen-bond donors (Lipinski definition) is 0. The van der Waals surface area contributed by atoms with Crippen LogP contribution < -0.4 is 0 Å². The van der Waals surface area contributed by atoms with Crippen molar-refractivity contribution < 1.29 is 14.3 Å². The maximum Gasteiger partial charge on any atom is 0.320 e. The lowest BCUT2D eigenvalue weighted by Gasteiger charge is -2.28. The van der Waals surface area contributed by atoms with Crippen molar-refractivity contribution in [2.24, 2.45) is 5.92 Å². The highest BCUT2D eigenvalue weighted by molar-refractivity contribution is 6.30. The first-order valence-corrected chi connectivity index (χ1v) is 7.41. The third kappa shape index (κ3) is 2.64. The van der Waals surface area contributed by atoms with Crippen molar-refractivity contribution in [2.45, 2.75) is 39.2 Å². The summed E-state index contributed by atoms with van der Waals surface area (Å²) in [5.74, 6) is -1.16. The highest BCUT2D eigenvalue weighted by atomic mass is 35.5. The molecule has 1 heterocycles. The summed E-state index contributed by atoms with van der Waals surface area (Å²) >= 11 is 5.93. The molecule has 0 aromatic heterocycles. The molecule has 114 valence electrons. The van der Waals surface area contributed by atoms with Gasteiger partial charge in [-0.05, 0) is 24.6 Å². The fourth-order valence-electron chi connectivity index (χ4n) is 3.17. The van der Waals surface area contributed by atoms with E-state index in [4.69, 9.17) is 16.3 Å². The Morgan fingerprint density at radius 3 is 2.48 bits per heavy atom. The Bertz CT molecular complexity index is 578. The van der Waals surface area contributed by atoms with E-state index in [9.17, 15) is 10.0 Å². The van der Waals surface area contributed by atoms with Gasteiger partial charge in [0, 0.05) is 25.8 Å². The van der Waals surface area contributed by atoms with Gasteiger partial charge in [0.2, 0.25) is 0 Å². The number of hydroxylamine groups is 1. The van der Waals surface area contributed by atoms with Gasteiger partial charge in [-0.2, -0.15) is 0 Å². The zero-order chi connectivity index (χ0) is 15.8. The largest absolute Gasteiger partial charge is 0.623 e. The summed E-state index contributed by atoms with van der Waals surface area (Å²) in [5.41, 5.74) is 0.702. The highest BCUT2D eigenvalue weighted by Gasteiger charge is 2.56. The molecule has 0 fully saturated rings. The quantitative estimate of drug-likeness (QED) is 0.489. The average molecular weight is 310 g/mol. The Morgan fingerprint density at radius 2 is 1.95 bits per heavy atom. The molecule has 0 spiro atoms. The number of carbonyl (C=O) groups excluding carboxylic acids is 1. The molecule has 0 amide bonds. The summed E-state index contributed by atoms with van der Waals surface area (Å²) in [6.07, 6.45) is 0. The number of nitrogens with zero attached hydrogens (tertiary/aromatic N) is 1. The van der Waals surface area contributed by atoms with Crippen LogP contribution in [0.15, 0.2) is 24.3 Å². The first-order chi connectivity index (χ1) is 9.80. The van der Waals surface area contributed by atoms with Crippen molar-refractivity contribution in [3.05, 3.63) is 40.1 Å². The average Bonchev–Trinajstić information content (AvgIpc) is 2.61. The molecule has 1 aliphatic heterocycles. The minimum Gasteiger partial charge on any atom is -0.623 e. The zero-order valence-electron chi connectivity index (χ0n) is 12.7. The zero-order valence-corrected chi connectivity index (χ0v) is 13.5. The molecule has 2 unspecified atom stereocenters. The predicted octanol–water partition coefficient (Wildman–Crippen LogP) is 3.37. The first-order valence-electron chi connectivity index (χ1n) is 7.03. The summed E-state index contributed by atoms with van der Waals surface area (Å²) in [6, 6.07) is 7.29. The molecule has 21 heavy (non-hydrogen) atoms. The van der Waals surface area contributed by atoms with Gasteiger partial charge in [0.25, 0.3) is 0 Å². The second-order valence-corrected chi connectivity index (χ2v) is 6.28. The van der Waals surface area contributed by atoms with Gasteiger partial charge >= 0.3 is 5.97 Å². The topological polar surface area (TPSA) is 52.4 Å². The summed E-state index contributed by atoms with van der Waals surface area (Å²) in [7, 11) is 0. The molecule has 0 bridgehead atoms. The fourth-order valence-corrected chi connectivity index (χ4v) is 3.29. The number of halogens is 1. The molecule has 0 saturated heterocycles. The van der Waals surface area contributed by atoms with E-state index in [-0.39, 0.29) is 11.9 Å². The smallest absolute Gasteiger partial charge is 0.320 e. The molecule has 2 rings (SSSR count). The van der Waals surface area contributed by atoms with Gasteiger partial charge < -0.3 is 9.94 Å². The van der Waals surface area contributed by atoms with Crippen LogP contribution in [-0.4, -0.2) is 28.6 Å². The molecule has 0 radical (unpaired) electrons. The molecule has 4 nitrogen and oxygen atoms in total. The van der Waals surface area contributed by atoms with Crippen LogP contribution >= 0.6 is 11.6 Å². The minimum atomic E-state index is -0.713. The van der Waals surface area contributed by atoms with E-state index in [1.165, 1.54) is 0 Å². The molecule has 1 aliphatic rings. The van der Waals surface area contributed by atoms with Crippen molar-refractivity contribution in [3.8, 4) is 0 Å². The fraction of sp³-hybridized carbons (Fsp3) is 0.500. The van der Waals surface area contributed by atoms with Gasteiger partial charge in [-0.1, -0.05) is 23.7 Å². The van der Waals surface area contributed by atoms with Gasteiger partial charge in [-0.3, -0.25) is 4.79 Å². The second-order valence-electron chi connectivity index (χ2n) is 5.85. The standard InChI is InChI=1S/C16H20ClNO3/c1-5-21-15(19)13-10(2)18(20)16(3,4)14(13)11-6-8-12(17)9-7-11/h6-9,13-14H,5H2,1-4H3. The van der Waals surface area contributed by atoms with Crippen LogP contribution in [-0.2, 0) is 9.53 Å². The second kappa shape index (κ2) is 5.68. The minimum absolute atomic E-state index is 0.258. The molecular weight excluding hydrogens is 290 g/mol. The van der Waals surface area contributed by atoms with Gasteiger partial charge in [-0.15, -0.1) is 0 Å². The van der Waals surface area contributed by atoms with E-state index >= 15 is 0 Å². The van der Waals surface area contributed by atoms with Crippen LogP contribution in [0.4, 0.5) is 0 Å². The lowest BCUT2D eigenvalue weighted by Crippen LogP contribution is -2.37. The van der Waals surface area contributed by atoms with Crippen molar-refractivity contribution in [2.75, 3.05) is 6.61 Å². The third-order valence-electron chi connectivity index (χ3n) is 4.16. The first kappa shape index (κ1) is 15.8. The third-order valence-corrected chi connectivity index (χ3v) is 4.41. The van der Waals surface area contributed by atoms with Crippen LogP contribution in [0.1, 0.15) is 39.2 Å². The summed E-state index contributed by atoms with van der Waals surface area (Å²) in [4.78, 5) is 12.3. The summed E-state index contributed by atoms with van der Waals surface area (Å²) < 4.78 is 6.10. The maximum atomic E-state index is 12.4. The van der Waals surface area contributed by atoms with Crippen LogP contribution in [0.2, 0.25) is 5.02 Å². The number of esters is 1. The number of ether oxygens (including phenoxy) is 1. The van der Waals surface area contributed by atoms with Gasteiger partial charge in [0.15, 0.2) is 17.2 Å². The number of hydrogen-bond acceptors (Lipinski definition) is 3. The highest BCUT2D eigenvalue weighted by Crippen LogP contribution is 2.43. The summed E-state index contributed by atoms with van der Waals surface area (Å²) in [6.45, 7) is 7.46. The molecule has 2 atom stereocenters. The molecule has 0 N–H and O–H groups in total. The SMILES string of the molecule is CCOC(=O)C1C(C)=[N+]([O-])C(C)(C)C1c1ccc(Cl)cc1. The normalized spacial score (nSPS) is 24.2. The van der Waals surface area contributed by atoms with Crippen LogP contribution in [0.3, 0.4) is 0 Å². The van der Waals surface area contributed by atoms with Crippen molar-refractivity contribution in [1.29, 1.82) is 0 Å². The Hall–Kier alpha value is -1.55. The van der Waals surface area contributed by atoms with Crippen molar-refractivity contribution in [3.63, 3.8) is 0 Å². The maximum absolute atomic E-state index is 12.4. The van der Waals surface area contributed by atoms with Gasteiger partial charge in [-0.25, -0.2) is 4.74 Å². The lowest BCUT2D eigenvalue weighted by molar-refractivity contribution is -0.534. The van der Waals surface area contributed by atoms with Crippen molar-refractivity contribution >= 4 is 23.3 Å². The van der Waals surface area contributed by atoms with Crippen LogP contribution in [0.5, 0.6) is 0 Å². The molecular formula is C16H20ClNO3. The molecule has 0 aliphatic carbocycles. The Balaban J connectivity index is 2.49. The van der Waals surface area contributed by atoms with E-state index in [2.05, 4.69) is 0 Å². The molecule has 5 heteroatoms. The summed E-state index contributed by atoms with van der Waals surface area (Å²) in [5, 5.41) is 13.1. The van der Waals surface area contributed by atoms with Crippen LogP contribution in [0, 0.1) is 11.1 Å².